The van der Waals surface area contributed by atoms with Crippen LogP contribution in [-0.4, -0.2) is 138 Å². The van der Waals surface area contributed by atoms with E-state index in [-0.39, 0.29) is 111 Å². The maximum absolute atomic E-state index is 14.8. The summed E-state index contributed by atoms with van der Waals surface area (Å²) in [6, 6.07) is 14.3. The Morgan fingerprint density at radius 2 is 1.69 bits per heavy atom. The van der Waals surface area contributed by atoms with Crippen molar-refractivity contribution in [2.75, 3.05) is 60.5 Å². The van der Waals surface area contributed by atoms with Gasteiger partial charge in [0.2, 0.25) is 17.7 Å². The molecular formula is C55H82N8O7S5. The van der Waals surface area contributed by atoms with Gasteiger partial charge in [0.25, 0.3) is 5.91 Å². The van der Waals surface area contributed by atoms with Gasteiger partial charge in [-0.15, -0.1) is 0 Å². The fraction of sp³-hybridized carbons (Fsp3) is 0.527. The van der Waals surface area contributed by atoms with E-state index in [9.17, 15) is 24.0 Å². The van der Waals surface area contributed by atoms with Gasteiger partial charge in [-0.2, -0.15) is 67.5 Å². The lowest BCUT2D eigenvalue weighted by atomic mass is 9.83. The smallest absolute Gasteiger partial charge is 0.324 e. The number of ether oxygens (including phenoxy) is 2. The number of hydrazine groups is 1. The largest absolute Gasteiger partial charge is 0.464 e. The summed E-state index contributed by atoms with van der Waals surface area (Å²) in [6.07, 6.45) is 5.23. The van der Waals surface area contributed by atoms with Crippen LogP contribution in [0.2, 0.25) is 0 Å². The number of hydrogen-bond donors (Lipinski definition) is 2. The molecule has 8 rings (SSSR count). The van der Waals surface area contributed by atoms with Crippen molar-refractivity contribution in [3.8, 4) is 22.4 Å². The van der Waals surface area contributed by atoms with Gasteiger partial charge in [0.05, 0.1) is 30.0 Å². The van der Waals surface area contributed by atoms with Crippen molar-refractivity contribution in [3.05, 3.63) is 89.8 Å². The molecule has 2 N–H and O–H groups in total. The Morgan fingerprint density at radius 1 is 0.987 bits per heavy atom. The molecule has 2 aromatic carbocycles. The number of aromatic nitrogens is 2. The summed E-state index contributed by atoms with van der Waals surface area (Å²) in [6.45, 7) is 19.6. The molecule has 0 spiro atoms. The van der Waals surface area contributed by atoms with Gasteiger partial charge in [-0.1, -0.05) is 64.6 Å². The van der Waals surface area contributed by atoms with Gasteiger partial charge >= 0.3 is 5.97 Å². The summed E-state index contributed by atoms with van der Waals surface area (Å²) in [7, 11) is 5.47. The Balaban J connectivity index is 0.00000296. The van der Waals surface area contributed by atoms with Crippen molar-refractivity contribution in [1.82, 2.24) is 40.0 Å². The molecule has 0 saturated carbocycles. The van der Waals surface area contributed by atoms with Gasteiger partial charge in [0, 0.05) is 93.8 Å². The first-order valence-electron chi connectivity index (χ1n) is 25.1. The van der Waals surface area contributed by atoms with E-state index in [1.54, 1.807) is 19.1 Å². The Kier molecular flexibility index (Phi) is 23.8. The number of esters is 1. The maximum atomic E-state index is 14.8. The number of hydrogen-bond acceptors (Lipinski definition) is 10. The third kappa shape index (κ3) is 13.9. The highest BCUT2D eigenvalue weighted by Gasteiger charge is 2.40. The van der Waals surface area contributed by atoms with Gasteiger partial charge in [-0.05, 0) is 105 Å². The number of likely N-dealkylation sites (N-methyl/N-ethyl adjacent to an activating group) is 2. The predicted molar refractivity (Wildman–Crippen MR) is 322 cm³/mol. The molecule has 15 nitrogen and oxygen atoms in total. The fourth-order valence-electron chi connectivity index (χ4n) is 11.1. The van der Waals surface area contributed by atoms with E-state index in [1.807, 2.05) is 39.1 Å². The monoisotopic (exact) mass is 1130 g/mol. The number of likely N-dealkylation sites (tertiary alicyclic amines) is 2. The number of carbonyl (C=O) groups excluding carboxylic acids is 5. The highest BCUT2D eigenvalue weighted by molar-refractivity contribution is 7.60. The first-order chi connectivity index (χ1) is 33.4. The molecule has 4 amide bonds. The van der Waals surface area contributed by atoms with Crippen LogP contribution in [0.1, 0.15) is 95.2 Å². The van der Waals surface area contributed by atoms with Crippen LogP contribution < -0.4 is 10.7 Å². The number of benzene rings is 2. The van der Waals surface area contributed by atoms with Gasteiger partial charge < -0.3 is 34.1 Å². The third-order valence-corrected chi connectivity index (χ3v) is 15.0. The second-order valence-corrected chi connectivity index (χ2v) is 21.1. The number of pyridine rings is 1. The molecule has 5 atom stereocenters. The lowest BCUT2D eigenvalue weighted by Gasteiger charge is -2.37. The zero-order chi connectivity index (χ0) is 50.2. The van der Waals surface area contributed by atoms with Gasteiger partial charge in [-0.3, -0.25) is 34.0 Å². The van der Waals surface area contributed by atoms with Crippen LogP contribution in [0.3, 0.4) is 0 Å². The molecule has 0 radical (unpaired) electrons. The second-order valence-electron chi connectivity index (χ2n) is 21.1. The standard InChI is InChI=1S/C55H72N8O7.5H2S/c1-11-47(64)61-22-20-38(31-61)52(66)60(9)49(33(3)4)51(65)57-45-24-35-15-13-16-36(23-35)37-18-19-46-41(25-37)43(27-55(6,7)32-70-54(68)44-17-14-21-63(58-44)53(45)67)50(62(46)12-2)42-26-39(40-29-59(8)30-40)28-56-48(42)34(5)69-10;;;;;/h11,13,15-16,18-19,23,25-26,28,33-34,38,40,44-45,49,58H,1,12,14,17,20-22,24,27,29-32H2,2-10H3,(H,57,65);5*1H2/t34-,38-,44-,45-,49-;;;;;/m0...../s1. The van der Waals surface area contributed by atoms with E-state index in [2.05, 4.69) is 91.0 Å². The molecule has 6 bridgehead atoms. The molecule has 75 heavy (non-hydrogen) atoms. The first kappa shape index (κ1) is 65.1. The van der Waals surface area contributed by atoms with Crippen molar-refractivity contribution in [3.63, 3.8) is 0 Å². The molecule has 2 aromatic heterocycles. The van der Waals surface area contributed by atoms with Crippen LogP contribution in [-0.2, 0) is 52.8 Å². The number of nitrogens with zero attached hydrogens (tertiary/aromatic N) is 6. The highest BCUT2D eigenvalue weighted by Crippen LogP contribution is 2.43. The van der Waals surface area contributed by atoms with Crippen LogP contribution in [0.4, 0.5) is 0 Å². The Bertz CT molecular complexity index is 2680. The topological polar surface area (TPSA) is 159 Å². The average Bonchev–Trinajstić information content (AvgIpc) is 3.96. The van der Waals surface area contributed by atoms with E-state index >= 15 is 0 Å². The zero-order valence-corrected chi connectivity index (χ0v) is 50.0. The molecular weight excluding hydrogens is 1040 g/mol. The van der Waals surface area contributed by atoms with Crippen molar-refractivity contribution < 1.29 is 33.4 Å². The lowest BCUT2D eigenvalue weighted by Crippen LogP contribution is -2.62. The minimum absolute atomic E-state index is 0. The van der Waals surface area contributed by atoms with Crippen LogP contribution in [0, 0.1) is 17.3 Å². The highest BCUT2D eigenvalue weighted by atomic mass is 32.1. The minimum atomic E-state index is -1.05. The number of fused-ring (bicyclic) bond motifs is 6. The van der Waals surface area contributed by atoms with Crippen LogP contribution in [0.25, 0.3) is 33.3 Å². The van der Waals surface area contributed by atoms with Crippen LogP contribution >= 0.6 is 67.5 Å². The van der Waals surface area contributed by atoms with Crippen molar-refractivity contribution in [2.24, 2.45) is 17.3 Å². The predicted octanol–water partition coefficient (Wildman–Crippen LogP) is 6.86. The maximum Gasteiger partial charge on any atom is 0.324 e. The molecule has 414 valence electrons. The number of nitrogens with one attached hydrogen (secondary N) is 2. The summed E-state index contributed by atoms with van der Waals surface area (Å²) in [5.74, 6) is -2.17. The molecule has 4 aromatic rings. The number of cyclic esters (lactones) is 1. The van der Waals surface area contributed by atoms with Crippen LogP contribution in [0.15, 0.2) is 67.4 Å². The number of methoxy groups -OCH3 is 1. The van der Waals surface area contributed by atoms with Gasteiger partial charge in [-0.25, -0.2) is 5.43 Å². The third-order valence-electron chi connectivity index (χ3n) is 15.0. The first-order valence-corrected chi connectivity index (χ1v) is 25.1. The fourth-order valence-corrected chi connectivity index (χ4v) is 11.1. The van der Waals surface area contributed by atoms with Crippen molar-refractivity contribution in [1.29, 1.82) is 0 Å². The Labute approximate surface area is 478 Å². The van der Waals surface area contributed by atoms with Crippen molar-refractivity contribution in [2.45, 2.75) is 110 Å². The van der Waals surface area contributed by atoms with E-state index < -0.39 is 47.2 Å². The average molecular weight is 1130 g/mol. The number of rotatable bonds is 11. The Hall–Kier alpha value is -4.15. The summed E-state index contributed by atoms with van der Waals surface area (Å²) < 4.78 is 14.6. The second kappa shape index (κ2) is 27.4. The van der Waals surface area contributed by atoms with Crippen LogP contribution in [0.5, 0.6) is 0 Å². The molecule has 3 fully saturated rings. The minimum Gasteiger partial charge on any atom is -0.464 e. The summed E-state index contributed by atoms with van der Waals surface area (Å²) in [5, 5.41) is 5.61. The molecule has 3 saturated heterocycles. The summed E-state index contributed by atoms with van der Waals surface area (Å²) in [5.41, 5.74) is 11.8. The quantitative estimate of drug-likeness (QED) is 0.120. The molecule has 0 unspecified atom stereocenters. The number of aryl methyl sites for hydroxylation is 1. The molecule has 0 aliphatic carbocycles. The van der Waals surface area contributed by atoms with E-state index in [0.29, 0.717) is 51.2 Å². The number of carbonyl (C=O) groups is 5. The van der Waals surface area contributed by atoms with Gasteiger partial charge in [0.15, 0.2) is 0 Å². The molecule has 20 heteroatoms. The van der Waals surface area contributed by atoms with E-state index in [1.165, 1.54) is 21.5 Å². The van der Waals surface area contributed by atoms with E-state index in [0.717, 1.165) is 63.2 Å². The SMILES string of the molecule is C=CC(=O)N1CC[C@H](C(=O)N(C)[C@H](C(=O)N[C@H]2Cc3cccc(c3)-c3ccc4c(c3)c(c(-c3cc(C5CN(C)C5)cnc3[C@H](C)OC)n4CC)CC(C)(C)COC(=O)[C@@H]3CCCN(N3)C2=O)C(C)C)C1.S.S.S.S.S. The Morgan fingerprint density at radius 3 is 2.35 bits per heavy atom. The normalized spacial score (nSPS) is 20.5. The number of amides is 4. The van der Waals surface area contributed by atoms with Gasteiger partial charge in [0.1, 0.15) is 18.1 Å². The molecule has 6 heterocycles. The molecule has 4 aliphatic rings. The van der Waals surface area contributed by atoms with E-state index in [4.69, 9.17) is 14.5 Å². The summed E-state index contributed by atoms with van der Waals surface area (Å²) in [4.78, 5) is 80.2. The lowest BCUT2D eigenvalue weighted by molar-refractivity contribution is -0.155. The zero-order valence-electron chi connectivity index (χ0n) is 45.0. The summed E-state index contributed by atoms with van der Waals surface area (Å²) >= 11 is 0. The molecule has 4 aliphatic heterocycles. The van der Waals surface area contributed by atoms with Crippen molar-refractivity contribution >= 4 is 108 Å².